The number of hydrogen-bond acceptors (Lipinski definition) is 3. The van der Waals surface area contributed by atoms with Crippen LogP contribution in [0.1, 0.15) is 41.3 Å². The number of carbonyl (C=O) groups is 1. The lowest BCUT2D eigenvalue weighted by atomic mass is 9.87. The summed E-state index contributed by atoms with van der Waals surface area (Å²) in [7, 11) is 1.81. The van der Waals surface area contributed by atoms with Crippen molar-refractivity contribution in [2.75, 3.05) is 6.54 Å². The molecule has 0 aliphatic carbocycles. The normalized spacial score (nSPS) is 17.4. The van der Waals surface area contributed by atoms with Crippen LogP contribution < -0.4 is 0 Å². The fourth-order valence-corrected chi connectivity index (χ4v) is 4.56. The molecule has 0 bridgehead atoms. The number of nitrogens with zero attached hydrogens (tertiary/aromatic N) is 3. The van der Waals surface area contributed by atoms with Gasteiger partial charge in [0.25, 0.3) is 6.43 Å². The quantitative estimate of drug-likeness (QED) is 0.670. The van der Waals surface area contributed by atoms with Crippen LogP contribution in [-0.4, -0.2) is 38.7 Å². The van der Waals surface area contributed by atoms with Crippen molar-refractivity contribution in [2.24, 2.45) is 7.05 Å². The fourth-order valence-electron chi connectivity index (χ4n) is 4.33. The van der Waals surface area contributed by atoms with E-state index >= 15 is 0 Å². The molecule has 0 spiro atoms. The number of amides is 1. The van der Waals surface area contributed by atoms with Gasteiger partial charge in [-0.1, -0.05) is 29.8 Å². The molecule has 158 valence electrons. The SMILES string of the molecule is C[C@H]1c2cccc([C@H](O)C(F)F)c2CCN1C(=O)Cc1c(Cl)ccc2nn(C)cc12. The van der Waals surface area contributed by atoms with Gasteiger partial charge in [-0.3, -0.25) is 9.48 Å². The monoisotopic (exact) mass is 433 g/mol. The van der Waals surface area contributed by atoms with Crippen LogP contribution in [0, 0.1) is 0 Å². The van der Waals surface area contributed by atoms with Gasteiger partial charge >= 0.3 is 0 Å². The Morgan fingerprint density at radius 2 is 2.10 bits per heavy atom. The van der Waals surface area contributed by atoms with Gasteiger partial charge < -0.3 is 10.0 Å². The molecule has 1 aromatic heterocycles. The van der Waals surface area contributed by atoms with Crippen LogP contribution in [0.4, 0.5) is 8.78 Å². The second-order valence-electron chi connectivity index (χ2n) is 7.65. The van der Waals surface area contributed by atoms with E-state index in [0.717, 1.165) is 22.0 Å². The molecular formula is C22H22ClF2N3O2. The van der Waals surface area contributed by atoms with Crippen LogP contribution in [0.25, 0.3) is 10.9 Å². The number of aromatic nitrogens is 2. The van der Waals surface area contributed by atoms with E-state index in [2.05, 4.69) is 5.10 Å². The maximum Gasteiger partial charge on any atom is 0.268 e. The van der Waals surface area contributed by atoms with Gasteiger partial charge in [-0.2, -0.15) is 5.10 Å². The Morgan fingerprint density at radius 1 is 1.33 bits per heavy atom. The molecule has 0 fully saturated rings. The van der Waals surface area contributed by atoms with Crippen molar-refractivity contribution < 1.29 is 18.7 Å². The fraction of sp³-hybridized carbons (Fsp3) is 0.364. The first-order chi connectivity index (χ1) is 14.3. The van der Waals surface area contributed by atoms with Gasteiger partial charge in [0.05, 0.1) is 18.0 Å². The van der Waals surface area contributed by atoms with Gasteiger partial charge in [-0.05, 0) is 47.7 Å². The molecule has 4 rings (SSSR count). The molecule has 2 aromatic carbocycles. The highest BCUT2D eigenvalue weighted by Crippen LogP contribution is 2.36. The molecule has 0 radical (unpaired) electrons. The molecule has 2 heterocycles. The summed E-state index contributed by atoms with van der Waals surface area (Å²) in [6, 6.07) is 8.28. The second-order valence-corrected chi connectivity index (χ2v) is 8.05. The highest BCUT2D eigenvalue weighted by Gasteiger charge is 2.32. The lowest BCUT2D eigenvalue weighted by molar-refractivity contribution is -0.133. The highest BCUT2D eigenvalue weighted by atomic mass is 35.5. The molecule has 2 atom stereocenters. The zero-order valence-electron chi connectivity index (χ0n) is 16.6. The summed E-state index contributed by atoms with van der Waals surface area (Å²) in [4.78, 5) is 14.9. The van der Waals surface area contributed by atoms with E-state index < -0.39 is 12.5 Å². The molecule has 30 heavy (non-hydrogen) atoms. The van der Waals surface area contributed by atoms with Gasteiger partial charge in [-0.25, -0.2) is 8.78 Å². The van der Waals surface area contributed by atoms with Gasteiger partial charge in [0, 0.05) is 30.2 Å². The number of hydrogen-bond donors (Lipinski definition) is 1. The Kier molecular flexibility index (Phi) is 5.51. The molecule has 1 aliphatic heterocycles. The van der Waals surface area contributed by atoms with Crippen molar-refractivity contribution in [3.8, 4) is 0 Å². The van der Waals surface area contributed by atoms with Gasteiger partial charge in [0.1, 0.15) is 6.10 Å². The third-order valence-corrected chi connectivity index (χ3v) is 6.19. The maximum atomic E-state index is 13.2. The molecule has 1 N–H and O–H groups in total. The van der Waals surface area contributed by atoms with Crippen molar-refractivity contribution in [2.45, 2.75) is 38.3 Å². The number of rotatable bonds is 4. The average molecular weight is 434 g/mol. The first kappa shape index (κ1) is 20.8. The minimum Gasteiger partial charge on any atom is -0.382 e. The third-order valence-electron chi connectivity index (χ3n) is 5.83. The van der Waals surface area contributed by atoms with Crippen LogP contribution in [0.3, 0.4) is 0 Å². The molecule has 0 saturated heterocycles. The van der Waals surface area contributed by atoms with Crippen LogP contribution >= 0.6 is 11.6 Å². The summed E-state index contributed by atoms with van der Waals surface area (Å²) >= 11 is 6.39. The van der Waals surface area contributed by atoms with E-state index in [0.29, 0.717) is 23.6 Å². The summed E-state index contributed by atoms with van der Waals surface area (Å²) in [5.41, 5.74) is 3.23. The van der Waals surface area contributed by atoms with Crippen molar-refractivity contribution in [3.05, 3.63) is 63.8 Å². The van der Waals surface area contributed by atoms with E-state index in [1.807, 2.05) is 32.3 Å². The molecule has 3 aromatic rings. The van der Waals surface area contributed by atoms with E-state index in [-0.39, 0.29) is 23.9 Å². The minimum atomic E-state index is -2.85. The molecule has 0 saturated carbocycles. The minimum absolute atomic E-state index is 0.0915. The van der Waals surface area contributed by atoms with Crippen molar-refractivity contribution in [1.29, 1.82) is 0 Å². The summed E-state index contributed by atoms with van der Waals surface area (Å²) < 4.78 is 27.8. The topological polar surface area (TPSA) is 58.4 Å². The number of fused-ring (bicyclic) bond motifs is 2. The summed E-state index contributed by atoms with van der Waals surface area (Å²) in [6.45, 7) is 2.27. The number of halogens is 3. The number of carbonyl (C=O) groups excluding carboxylic acids is 1. The molecular weight excluding hydrogens is 412 g/mol. The highest BCUT2D eigenvalue weighted by molar-refractivity contribution is 6.32. The van der Waals surface area contributed by atoms with E-state index in [1.54, 1.807) is 21.7 Å². The number of aliphatic hydroxyl groups is 1. The molecule has 8 heteroatoms. The van der Waals surface area contributed by atoms with Crippen molar-refractivity contribution in [1.82, 2.24) is 14.7 Å². The largest absolute Gasteiger partial charge is 0.382 e. The lowest BCUT2D eigenvalue weighted by Crippen LogP contribution is -2.40. The van der Waals surface area contributed by atoms with Crippen molar-refractivity contribution in [3.63, 3.8) is 0 Å². The zero-order valence-corrected chi connectivity index (χ0v) is 17.4. The number of aryl methyl sites for hydroxylation is 1. The summed E-state index contributed by atoms with van der Waals surface area (Å²) in [5.74, 6) is -0.0915. The first-order valence-corrected chi connectivity index (χ1v) is 10.1. The second kappa shape index (κ2) is 7.96. The number of benzene rings is 2. The Hall–Kier alpha value is -2.51. The molecule has 1 amide bonds. The summed E-state index contributed by atoms with van der Waals surface area (Å²) in [6.07, 6.45) is -2.29. The smallest absolute Gasteiger partial charge is 0.268 e. The van der Waals surface area contributed by atoms with E-state index in [4.69, 9.17) is 11.6 Å². The van der Waals surface area contributed by atoms with Crippen molar-refractivity contribution >= 4 is 28.4 Å². The molecule has 0 unspecified atom stereocenters. The van der Waals surface area contributed by atoms with Crippen LogP contribution in [0.5, 0.6) is 0 Å². The van der Waals surface area contributed by atoms with E-state index in [9.17, 15) is 18.7 Å². The molecule has 5 nitrogen and oxygen atoms in total. The Bertz CT molecular complexity index is 1120. The van der Waals surface area contributed by atoms with Gasteiger partial charge in [0.2, 0.25) is 5.91 Å². The Morgan fingerprint density at radius 3 is 2.83 bits per heavy atom. The van der Waals surface area contributed by atoms with Gasteiger partial charge in [-0.15, -0.1) is 0 Å². The summed E-state index contributed by atoms with van der Waals surface area (Å²) in [5, 5.41) is 15.6. The Balaban J connectivity index is 1.62. The third kappa shape index (κ3) is 3.56. The van der Waals surface area contributed by atoms with Crippen LogP contribution in [0.15, 0.2) is 36.5 Å². The predicted molar refractivity (Wildman–Crippen MR) is 111 cm³/mol. The van der Waals surface area contributed by atoms with Gasteiger partial charge in [0.15, 0.2) is 0 Å². The van der Waals surface area contributed by atoms with E-state index in [1.165, 1.54) is 6.07 Å². The van der Waals surface area contributed by atoms with Crippen LogP contribution in [-0.2, 0) is 24.7 Å². The molecule has 1 aliphatic rings. The lowest BCUT2D eigenvalue weighted by Gasteiger charge is -2.37. The first-order valence-electron chi connectivity index (χ1n) is 9.76. The maximum absolute atomic E-state index is 13.2. The number of aliphatic hydroxyl groups excluding tert-OH is 1. The Labute approximate surface area is 177 Å². The predicted octanol–water partition coefficient (Wildman–Crippen LogP) is 4.21. The zero-order chi connectivity index (χ0) is 21.6. The number of alkyl halides is 2. The van der Waals surface area contributed by atoms with Crippen LogP contribution in [0.2, 0.25) is 5.02 Å². The standard InChI is InChI=1S/C22H22ClF2N3O2/c1-12-13-4-3-5-15(21(30)22(24)25)14(13)8-9-28(12)20(29)10-16-17-11-27(2)26-19(17)7-6-18(16)23/h3-7,11-12,21-22,30H,8-10H2,1-2H3/t12-,21-/m0/s1. The average Bonchev–Trinajstić information content (AvgIpc) is 3.10.